The van der Waals surface area contributed by atoms with Crippen molar-refractivity contribution in [2.24, 2.45) is 0 Å². The molecule has 0 aliphatic carbocycles. The number of rotatable bonds is 6. The Labute approximate surface area is 152 Å². The Kier molecular flexibility index (Phi) is 5.27. The summed E-state index contributed by atoms with van der Waals surface area (Å²) in [4.78, 5) is 12.2. The van der Waals surface area contributed by atoms with Gasteiger partial charge in [-0.3, -0.25) is 0 Å². The van der Waals surface area contributed by atoms with Crippen LogP contribution in [0, 0.1) is 0 Å². The second kappa shape index (κ2) is 7.78. The fourth-order valence-electron chi connectivity index (χ4n) is 2.63. The third-order valence-electron chi connectivity index (χ3n) is 3.91. The number of cyclic esters (lactones) is 1. The van der Waals surface area contributed by atoms with Crippen molar-refractivity contribution in [1.82, 2.24) is 0 Å². The highest BCUT2D eigenvalue weighted by Gasteiger charge is 2.24. The lowest BCUT2D eigenvalue weighted by Gasteiger charge is -2.10. The topological polar surface area (TPSA) is 54.0 Å². The maximum absolute atomic E-state index is 12.2. The van der Waals surface area contributed by atoms with Crippen molar-refractivity contribution in [3.05, 3.63) is 65.2 Å². The molecule has 26 heavy (non-hydrogen) atoms. The molecule has 0 saturated heterocycles. The summed E-state index contributed by atoms with van der Waals surface area (Å²) in [6.07, 6.45) is 3.48. The van der Waals surface area contributed by atoms with Crippen LogP contribution in [0.15, 0.2) is 54.1 Å². The summed E-state index contributed by atoms with van der Waals surface area (Å²) >= 11 is 0. The molecule has 2 aromatic carbocycles. The van der Waals surface area contributed by atoms with Gasteiger partial charge in [-0.25, -0.2) is 4.79 Å². The molecule has 0 aromatic heterocycles. The molecule has 1 aliphatic rings. The molecule has 3 rings (SSSR count). The van der Waals surface area contributed by atoms with Crippen LogP contribution in [0.1, 0.15) is 18.1 Å². The lowest BCUT2D eigenvalue weighted by molar-refractivity contribution is -0.130. The van der Waals surface area contributed by atoms with Gasteiger partial charge in [0.2, 0.25) is 0 Å². The molecule has 0 spiro atoms. The molecule has 0 radical (unpaired) electrons. The predicted molar refractivity (Wildman–Crippen MR) is 99.2 cm³/mol. The fourth-order valence-corrected chi connectivity index (χ4v) is 2.63. The highest BCUT2D eigenvalue weighted by Crippen LogP contribution is 2.35. The molecule has 5 heteroatoms. The standard InChI is InChI=1S/C21H20O5/c1-4-25-16-7-5-14(6-8-16)11-15-12-20(26-21(15)22)18-13-17(23-2)9-10-19(18)24-3/h5-13H,4H2,1-3H3/b15-11+. The van der Waals surface area contributed by atoms with Crippen LogP contribution in [0.2, 0.25) is 0 Å². The van der Waals surface area contributed by atoms with Crippen molar-refractivity contribution in [3.8, 4) is 17.2 Å². The van der Waals surface area contributed by atoms with Crippen LogP contribution in [0.3, 0.4) is 0 Å². The number of hydrogen-bond donors (Lipinski definition) is 0. The van der Waals surface area contributed by atoms with Gasteiger partial charge in [0.25, 0.3) is 0 Å². The third kappa shape index (κ3) is 3.72. The first-order valence-electron chi connectivity index (χ1n) is 8.25. The van der Waals surface area contributed by atoms with Crippen LogP contribution >= 0.6 is 0 Å². The van der Waals surface area contributed by atoms with E-state index < -0.39 is 5.97 Å². The number of ether oxygens (including phenoxy) is 4. The van der Waals surface area contributed by atoms with E-state index in [1.165, 1.54) is 0 Å². The second-order valence-corrected chi connectivity index (χ2v) is 5.57. The molecule has 2 aromatic rings. The van der Waals surface area contributed by atoms with Crippen LogP contribution < -0.4 is 14.2 Å². The van der Waals surface area contributed by atoms with Gasteiger partial charge < -0.3 is 18.9 Å². The van der Waals surface area contributed by atoms with E-state index in [9.17, 15) is 4.79 Å². The Morgan fingerprint density at radius 1 is 1.00 bits per heavy atom. The molecular formula is C21H20O5. The molecular weight excluding hydrogens is 332 g/mol. The Hall–Kier alpha value is -3.21. The summed E-state index contributed by atoms with van der Waals surface area (Å²) in [7, 11) is 3.15. The minimum absolute atomic E-state index is 0.404. The van der Waals surface area contributed by atoms with Gasteiger partial charge in [0.05, 0.1) is 32.0 Å². The largest absolute Gasteiger partial charge is 0.497 e. The van der Waals surface area contributed by atoms with Gasteiger partial charge in [-0.05, 0) is 55.0 Å². The SMILES string of the molecule is CCOc1ccc(/C=C2\C=C(c3cc(OC)ccc3OC)OC2=O)cc1. The van der Waals surface area contributed by atoms with Crippen molar-refractivity contribution in [1.29, 1.82) is 0 Å². The summed E-state index contributed by atoms with van der Waals surface area (Å²) in [6.45, 7) is 2.55. The molecule has 0 saturated carbocycles. The number of methoxy groups -OCH3 is 2. The minimum Gasteiger partial charge on any atom is -0.497 e. The summed E-state index contributed by atoms with van der Waals surface area (Å²) in [5, 5.41) is 0. The number of benzene rings is 2. The van der Waals surface area contributed by atoms with Crippen molar-refractivity contribution in [3.63, 3.8) is 0 Å². The first-order valence-corrected chi connectivity index (χ1v) is 8.25. The van der Waals surface area contributed by atoms with Gasteiger partial charge in [-0.1, -0.05) is 12.1 Å². The van der Waals surface area contributed by atoms with Crippen LogP contribution in [-0.4, -0.2) is 26.8 Å². The van der Waals surface area contributed by atoms with Crippen LogP contribution in [0.5, 0.6) is 17.2 Å². The predicted octanol–water partition coefficient (Wildman–Crippen LogP) is 4.08. The Morgan fingerprint density at radius 3 is 2.38 bits per heavy atom. The highest BCUT2D eigenvalue weighted by atomic mass is 16.5. The lowest BCUT2D eigenvalue weighted by Crippen LogP contribution is -1.99. The Balaban J connectivity index is 1.91. The minimum atomic E-state index is -0.404. The average Bonchev–Trinajstić information content (AvgIpc) is 3.03. The molecule has 0 N–H and O–H groups in total. The monoisotopic (exact) mass is 352 g/mol. The van der Waals surface area contributed by atoms with Gasteiger partial charge in [0.15, 0.2) is 0 Å². The van der Waals surface area contributed by atoms with E-state index in [0.29, 0.717) is 35.0 Å². The Bertz CT molecular complexity index is 862. The normalized spacial score (nSPS) is 14.8. The summed E-state index contributed by atoms with van der Waals surface area (Å²) in [5.74, 6) is 2.08. The quantitative estimate of drug-likeness (QED) is 0.579. The lowest BCUT2D eigenvalue weighted by atomic mass is 10.1. The van der Waals surface area contributed by atoms with E-state index >= 15 is 0 Å². The van der Waals surface area contributed by atoms with Crippen LogP contribution in [-0.2, 0) is 9.53 Å². The van der Waals surface area contributed by atoms with E-state index in [1.807, 2.05) is 31.2 Å². The maximum atomic E-state index is 12.2. The number of hydrogen-bond acceptors (Lipinski definition) is 5. The first kappa shape index (κ1) is 17.6. The highest BCUT2D eigenvalue weighted by molar-refractivity contribution is 6.05. The van der Waals surface area contributed by atoms with Crippen LogP contribution in [0.4, 0.5) is 0 Å². The van der Waals surface area contributed by atoms with E-state index in [4.69, 9.17) is 18.9 Å². The molecule has 0 amide bonds. The zero-order valence-electron chi connectivity index (χ0n) is 14.9. The van der Waals surface area contributed by atoms with E-state index in [0.717, 1.165) is 11.3 Å². The van der Waals surface area contributed by atoms with Gasteiger partial charge in [0, 0.05) is 0 Å². The molecule has 0 atom stereocenters. The molecule has 0 unspecified atom stereocenters. The van der Waals surface area contributed by atoms with Crippen molar-refractivity contribution in [2.45, 2.75) is 6.92 Å². The summed E-state index contributed by atoms with van der Waals surface area (Å²) in [5.41, 5.74) is 2.01. The first-order chi connectivity index (χ1) is 12.6. The van der Waals surface area contributed by atoms with Gasteiger partial charge in [-0.15, -0.1) is 0 Å². The van der Waals surface area contributed by atoms with Gasteiger partial charge >= 0.3 is 5.97 Å². The number of esters is 1. The third-order valence-corrected chi connectivity index (χ3v) is 3.91. The number of carbonyl (C=O) groups is 1. The van der Waals surface area contributed by atoms with Crippen molar-refractivity contribution >= 4 is 17.8 Å². The second-order valence-electron chi connectivity index (χ2n) is 5.57. The molecule has 0 fully saturated rings. The summed E-state index contributed by atoms with van der Waals surface area (Å²) in [6, 6.07) is 12.9. The molecule has 134 valence electrons. The smallest absolute Gasteiger partial charge is 0.343 e. The zero-order valence-corrected chi connectivity index (χ0v) is 14.9. The molecule has 5 nitrogen and oxygen atoms in total. The van der Waals surface area contributed by atoms with Gasteiger partial charge in [-0.2, -0.15) is 0 Å². The fraction of sp³-hybridized carbons (Fsp3) is 0.190. The summed E-state index contributed by atoms with van der Waals surface area (Å²) < 4.78 is 21.5. The molecule has 1 aliphatic heterocycles. The van der Waals surface area contributed by atoms with Crippen molar-refractivity contribution in [2.75, 3.05) is 20.8 Å². The Morgan fingerprint density at radius 2 is 1.73 bits per heavy atom. The van der Waals surface area contributed by atoms with E-state index in [-0.39, 0.29) is 0 Å². The van der Waals surface area contributed by atoms with Crippen LogP contribution in [0.25, 0.3) is 11.8 Å². The number of carbonyl (C=O) groups excluding carboxylic acids is 1. The maximum Gasteiger partial charge on any atom is 0.343 e. The van der Waals surface area contributed by atoms with E-state index in [2.05, 4.69) is 0 Å². The zero-order chi connectivity index (χ0) is 18.5. The van der Waals surface area contributed by atoms with E-state index in [1.54, 1.807) is 44.6 Å². The molecule has 1 heterocycles. The molecule has 0 bridgehead atoms. The van der Waals surface area contributed by atoms with Crippen molar-refractivity contribution < 1.29 is 23.7 Å². The average molecular weight is 352 g/mol. The van der Waals surface area contributed by atoms with Gasteiger partial charge in [0.1, 0.15) is 23.0 Å².